The molecule has 0 N–H and O–H groups in total. The predicted molar refractivity (Wildman–Crippen MR) is 61.7 cm³/mol. The van der Waals surface area contributed by atoms with E-state index in [4.69, 9.17) is 16.0 Å². The number of nitrogens with zero attached hydrogens (tertiary/aromatic N) is 1. The van der Waals surface area contributed by atoms with Crippen molar-refractivity contribution in [2.75, 3.05) is 5.88 Å². The second kappa shape index (κ2) is 4.33. The van der Waals surface area contributed by atoms with Gasteiger partial charge in [0.2, 0.25) is 5.89 Å². The van der Waals surface area contributed by atoms with Crippen LogP contribution in [0.2, 0.25) is 0 Å². The summed E-state index contributed by atoms with van der Waals surface area (Å²) in [4.78, 5) is 15.7. The predicted octanol–water partition coefficient (Wildman–Crippen LogP) is 3.14. The third kappa shape index (κ3) is 1.92. The quantitative estimate of drug-likeness (QED) is 0.644. The number of carbonyl (C=O) groups is 1. The van der Waals surface area contributed by atoms with Gasteiger partial charge in [0.15, 0.2) is 11.4 Å². The maximum absolute atomic E-state index is 11.5. The Morgan fingerprint density at radius 1 is 1.53 bits per heavy atom. The van der Waals surface area contributed by atoms with Crippen molar-refractivity contribution >= 4 is 44.4 Å². The molecule has 0 unspecified atom stereocenters. The van der Waals surface area contributed by atoms with Crippen LogP contribution in [0.4, 0.5) is 0 Å². The van der Waals surface area contributed by atoms with E-state index in [1.807, 2.05) is 0 Å². The molecule has 1 aromatic heterocycles. The standard InChI is InChI=1S/C10H7BrClNO2/c11-4-9-13-10-6(7(14)5-12)2-1-3-8(10)15-9/h1-3H,4-5H2. The van der Waals surface area contributed by atoms with Crippen LogP contribution in [-0.2, 0) is 5.33 Å². The van der Waals surface area contributed by atoms with Gasteiger partial charge in [0.25, 0.3) is 0 Å². The van der Waals surface area contributed by atoms with E-state index in [2.05, 4.69) is 20.9 Å². The van der Waals surface area contributed by atoms with E-state index >= 15 is 0 Å². The molecule has 0 bridgehead atoms. The summed E-state index contributed by atoms with van der Waals surface area (Å²) in [5.74, 6) is 0.367. The van der Waals surface area contributed by atoms with Gasteiger partial charge in [-0.05, 0) is 12.1 Å². The number of alkyl halides is 2. The summed E-state index contributed by atoms with van der Waals surface area (Å²) < 4.78 is 5.40. The zero-order valence-corrected chi connectivity index (χ0v) is 10.0. The molecule has 0 aliphatic carbocycles. The highest BCUT2D eigenvalue weighted by atomic mass is 79.9. The van der Waals surface area contributed by atoms with Crippen molar-refractivity contribution in [1.29, 1.82) is 0 Å². The van der Waals surface area contributed by atoms with Crippen molar-refractivity contribution in [2.45, 2.75) is 5.33 Å². The van der Waals surface area contributed by atoms with Gasteiger partial charge < -0.3 is 4.42 Å². The molecule has 5 heteroatoms. The topological polar surface area (TPSA) is 43.1 Å². The van der Waals surface area contributed by atoms with Gasteiger partial charge in [-0.25, -0.2) is 4.98 Å². The first-order valence-corrected chi connectivity index (χ1v) is 5.95. The summed E-state index contributed by atoms with van der Waals surface area (Å²) in [6.45, 7) is 0. The largest absolute Gasteiger partial charge is 0.440 e. The van der Waals surface area contributed by atoms with E-state index in [1.165, 1.54) is 0 Å². The summed E-state index contributed by atoms with van der Waals surface area (Å²) in [7, 11) is 0. The Hall–Kier alpha value is -0.870. The van der Waals surface area contributed by atoms with Gasteiger partial charge in [-0.1, -0.05) is 22.0 Å². The number of benzene rings is 1. The summed E-state index contributed by atoms with van der Waals surface area (Å²) in [6, 6.07) is 5.23. The first-order chi connectivity index (χ1) is 7.26. The number of hydrogen-bond donors (Lipinski definition) is 0. The molecule has 0 saturated carbocycles. The minimum Gasteiger partial charge on any atom is -0.440 e. The van der Waals surface area contributed by atoms with Gasteiger partial charge in [0.1, 0.15) is 5.52 Å². The molecule has 0 atom stereocenters. The average molecular weight is 289 g/mol. The molecule has 2 aromatic rings. The molecule has 15 heavy (non-hydrogen) atoms. The van der Waals surface area contributed by atoms with E-state index in [-0.39, 0.29) is 11.7 Å². The molecule has 0 fully saturated rings. The molecule has 0 aliphatic heterocycles. The number of ketones is 1. The van der Waals surface area contributed by atoms with Crippen molar-refractivity contribution in [3.63, 3.8) is 0 Å². The van der Waals surface area contributed by atoms with Crippen molar-refractivity contribution in [1.82, 2.24) is 4.98 Å². The van der Waals surface area contributed by atoms with Crippen molar-refractivity contribution in [2.24, 2.45) is 0 Å². The van der Waals surface area contributed by atoms with Gasteiger partial charge in [-0.15, -0.1) is 11.6 Å². The molecule has 0 radical (unpaired) electrons. The normalized spacial score (nSPS) is 10.8. The number of carbonyl (C=O) groups excluding carboxylic acids is 1. The second-order valence-electron chi connectivity index (χ2n) is 2.95. The van der Waals surface area contributed by atoms with E-state index in [9.17, 15) is 4.79 Å². The van der Waals surface area contributed by atoms with Gasteiger partial charge in [0, 0.05) is 5.56 Å². The molecule has 2 rings (SSSR count). The van der Waals surface area contributed by atoms with Crippen LogP contribution in [-0.4, -0.2) is 16.6 Å². The third-order valence-corrected chi connectivity index (χ3v) is 2.72. The number of aromatic nitrogens is 1. The van der Waals surface area contributed by atoms with Gasteiger partial charge in [-0.3, -0.25) is 4.79 Å². The van der Waals surface area contributed by atoms with Crippen LogP contribution in [0.15, 0.2) is 22.6 Å². The lowest BCUT2D eigenvalue weighted by atomic mass is 10.1. The van der Waals surface area contributed by atoms with Crippen LogP contribution >= 0.6 is 27.5 Å². The van der Waals surface area contributed by atoms with E-state index < -0.39 is 0 Å². The van der Waals surface area contributed by atoms with Crippen molar-refractivity contribution in [3.8, 4) is 0 Å². The fourth-order valence-corrected chi connectivity index (χ4v) is 1.73. The average Bonchev–Trinajstić information content (AvgIpc) is 2.70. The second-order valence-corrected chi connectivity index (χ2v) is 3.78. The Labute approximate surface area is 99.6 Å². The Bertz CT molecular complexity index is 509. The molecule has 3 nitrogen and oxygen atoms in total. The Morgan fingerprint density at radius 3 is 3.00 bits per heavy atom. The molecular formula is C10H7BrClNO2. The number of para-hydroxylation sites is 1. The first-order valence-electron chi connectivity index (χ1n) is 4.30. The highest BCUT2D eigenvalue weighted by molar-refractivity contribution is 9.08. The third-order valence-electron chi connectivity index (χ3n) is 2.00. The fraction of sp³-hybridized carbons (Fsp3) is 0.200. The smallest absolute Gasteiger partial charge is 0.206 e. The highest BCUT2D eigenvalue weighted by Gasteiger charge is 2.13. The monoisotopic (exact) mass is 287 g/mol. The lowest BCUT2D eigenvalue weighted by Gasteiger charge is -1.95. The van der Waals surface area contributed by atoms with Crippen molar-refractivity contribution in [3.05, 3.63) is 29.7 Å². The van der Waals surface area contributed by atoms with Crippen LogP contribution in [0.5, 0.6) is 0 Å². The first kappa shape index (κ1) is 10.6. The molecule has 1 aromatic carbocycles. The molecule has 0 aliphatic rings. The minimum absolute atomic E-state index is 0.0460. The van der Waals surface area contributed by atoms with Gasteiger partial charge >= 0.3 is 0 Å². The number of rotatable bonds is 3. The summed E-state index contributed by atoms with van der Waals surface area (Å²) in [6.07, 6.45) is 0. The molecule has 1 heterocycles. The Kier molecular flexibility index (Phi) is 3.07. The number of Topliss-reactive ketones (excluding diaryl/α,β-unsaturated/α-hetero) is 1. The van der Waals surface area contributed by atoms with Gasteiger partial charge in [0.05, 0.1) is 11.2 Å². The molecule has 0 saturated heterocycles. The summed E-state index contributed by atoms with van der Waals surface area (Å²) in [5, 5.41) is 0.524. The maximum Gasteiger partial charge on any atom is 0.206 e. The van der Waals surface area contributed by atoms with Crippen LogP contribution in [0, 0.1) is 0 Å². The van der Waals surface area contributed by atoms with Gasteiger partial charge in [-0.2, -0.15) is 0 Å². The highest BCUT2D eigenvalue weighted by Crippen LogP contribution is 2.21. The van der Waals surface area contributed by atoms with Crippen LogP contribution in [0.1, 0.15) is 16.2 Å². The van der Waals surface area contributed by atoms with E-state index in [0.717, 1.165) is 0 Å². The summed E-state index contributed by atoms with van der Waals surface area (Å²) >= 11 is 8.76. The lowest BCUT2D eigenvalue weighted by Crippen LogP contribution is -2.00. The molecular weight excluding hydrogens is 281 g/mol. The van der Waals surface area contributed by atoms with Crippen LogP contribution < -0.4 is 0 Å². The Balaban J connectivity index is 2.64. The maximum atomic E-state index is 11.5. The molecule has 0 amide bonds. The minimum atomic E-state index is -0.142. The summed E-state index contributed by atoms with van der Waals surface area (Å²) in [5.41, 5.74) is 1.71. The lowest BCUT2D eigenvalue weighted by molar-refractivity contribution is 0.102. The molecule has 78 valence electrons. The SMILES string of the molecule is O=C(CCl)c1cccc2oc(CBr)nc12. The van der Waals surface area contributed by atoms with Crippen LogP contribution in [0.3, 0.4) is 0 Å². The number of fused-ring (bicyclic) bond motifs is 1. The van der Waals surface area contributed by atoms with E-state index in [1.54, 1.807) is 18.2 Å². The Morgan fingerprint density at radius 2 is 2.33 bits per heavy atom. The zero-order valence-electron chi connectivity index (χ0n) is 7.67. The molecule has 0 spiro atoms. The van der Waals surface area contributed by atoms with E-state index in [0.29, 0.717) is 27.9 Å². The number of halogens is 2. The number of oxazole rings is 1. The van der Waals surface area contributed by atoms with Crippen molar-refractivity contribution < 1.29 is 9.21 Å². The zero-order chi connectivity index (χ0) is 10.8. The number of hydrogen-bond acceptors (Lipinski definition) is 3. The fourth-order valence-electron chi connectivity index (χ4n) is 1.35. The van der Waals surface area contributed by atoms with Crippen LogP contribution in [0.25, 0.3) is 11.1 Å².